The van der Waals surface area contributed by atoms with Gasteiger partial charge >= 0.3 is 0 Å². The minimum Gasteiger partial charge on any atom is -0.385 e. The predicted molar refractivity (Wildman–Crippen MR) is 132 cm³/mol. The fourth-order valence-electron chi connectivity index (χ4n) is 4.08. The molecule has 1 amide bonds. The maximum atomic E-state index is 13.1. The molecule has 0 unspecified atom stereocenters. The first-order chi connectivity index (χ1) is 15.6. The molecule has 1 aliphatic rings. The summed E-state index contributed by atoms with van der Waals surface area (Å²) < 4.78 is 0. The van der Waals surface area contributed by atoms with Gasteiger partial charge in [-0.2, -0.15) is 0 Å². The van der Waals surface area contributed by atoms with Crippen LogP contribution in [0.4, 0.5) is 17.2 Å². The molecule has 5 nitrogen and oxygen atoms in total. The van der Waals surface area contributed by atoms with E-state index in [1.165, 1.54) is 11.1 Å². The van der Waals surface area contributed by atoms with E-state index in [9.17, 15) is 4.79 Å². The number of nitrogens with two attached hydrogens (primary N) is 1. The summed E-state index contributed by atoms with van der Waals surface area (Å²) in [4.78, 5) is 17.4. The van der Waals surface area contributed by atoms with Gasteiger partial charge < -0.3 is 16.4 Å². The zero-order chi connectivity index (χ0) is 22.3. The summed E-state index contributed by atoms with van der Waals surface area (Å²) in [6.07, 6.45) is 4.76. The third-order valence-corrected chi connectivity index (χ3v) is 5.82. The Morgan fingerprint density at radius 2 is 1.66 bits per heavy atom. The van der Waals surface area contributed by atoms with Gasteiger partial charge in [0.1, 0.15) is 5.82 Å². The SMILES string of the molecule is Cc1ccc(C2=C(C(=O)Nc3ccc(NCCc4cccc(N)n4)cc3)CCCC2)cc1. The number of hydrogen-bond donors (Lipinski definition) is 3. The number of aromatic nitrogens is 1. The molecule has 5 heteroatoms. The number of allylic oxidation sites excluding steroid dienone is 1. The average molecular weight is 427 g/mol. The molecule has 4 N–H and O–H groups in total. The van der Waals surface area contributed by atoms with Crippen LogP contribution in [0, 0.1) is 6.92 Å². The number of pyridine rings is 1. The van der Waals surface area contributed by atoms with Gasteiger partial charge in [-0.05, 0) is 80.1 Å². The van der Waals surface area contributed by atoms with Crippen molar-refractivity contribution in [2.75, 3.05) is 22.9 Å². The summed E-state index contributed by atoms with van der Waals surface area (Å²) in [7, 11) is 0. The molecule has 1 aromatic heterocycles. The van der Waals surface area contributed by atoms with Crippen LogP contribution in [0.3, 0.4) is 0 Å². The molecule has 0 radical (unpaired) electrons. The van der Waals surface area contributed by atoms with Crippen molar-refractivity contribution in [3.63, 3.8) is 0 Å². The second kappa shape index (κ2) is 10.1. The van der Waals surface area contributed by atoms with Crippen molar-refractivity contribution in [2.45, 2.75) is 39.0 Å². The van der Waals surface area contributed by atoms with Crippen molar-refractivity contribution in [3.8, 4) is 0 Å². The van der Waals surface area contributed by atoms with Crippen molar-refractivity contribution >= 4 is 28.7 Å². The minimum atomic E-state index is 0.00808. The van der Waals surface area contributed by atoms with Gasteiger partial charge in [-0.25, -0.2) is 4.98 Å². The summed E-state index contributed by atoms with van der Waals surface area (Å²) in [5, 5.41) is 6.48. The van der Waals surface area contributed by atoms with E-state index in [4.69, 9.17) is 5.73 Å². The third kappa shape index (κ3) is 5.55. The molecule has 0 aliphatic heterocycles. The molecule has 4 rings (SSSR count). The van der Waals surface area contributed by atoms with E-state index in [0.717, 1.165) is 66.9 Å². The molecule has 0 atom stereocenters. The molecule has 32 heavy (non-hydrogen) atoms. The van der Waals surface area contributed by atoms with Crippen LogP contribution in [0.2, 0.25) is 0 Å². The number of carbonyl (C=O) groups excluding carboxylic acids is 1. The predicted octanol–water partition coefficient (Wildman–Crippen LogP) is 5.59. The highest BCUT2D eigenvalue weighted by Gasteiger charge is 2.20. The van der Waals surface area contributed by atoms with E-state index in [1.54, 1.807) is 6.07 Å². The largest absolute Gasteiger partial charge is 0.385 e. The average Bonchev–Trinajstić information content (AvgIpc) is 2.81. The summed E-state index contributed by atoms with van der Waals surface area (Å²) in [6.45, 7) is 2.84. The smallest absolute Gasteiger partial charge is 0.251 e. The van der Waals surface area contributed by atoms with Crippen LogP contribution in [0.15, 0.2) is 72.3 Å². The molecule has 0 saturated heterocycles. The molecule has 0 fully saturated rings. The Bertz CT molecular complexity index is 1100. The molecule has 0 saturated carbocycles. The Morgan fingerprint density at radius 3 is 2.41 bits per heavy atom. The number of aryl methyl sites for hydroxylation is 1. The molecule has 164 valence electrons. The van der Waals surface area contributed by atoms with Gasteiger partial charge in [0.2, 0.25) is 0 Å². The van der Waals surface area contributed by atoms with Crippen LogP contribution in [0.5, 0.6) is 0 Å². The van der Waals surface area contributed by atoms with Gasteiger partial charge in [-0.3, -0.25) is 4.79 Å². The Morgan fingerprint density at radius 1 is 0.938 bits per heavy atom. The summed E-state index contributed by atoms with van der Waals surface area (Å²) in [6, 6.07) is 22.0. The number of anilines is 3. The molecule has 2 aromatic carbocycles. The summed E-state index contributed by atoms with van der Waals surface area (Å²) >= 11 is 0. The van der Waals surface area contributed by atoms with Crippen LogP contribution >= 0.6 is 0 Å². The molecule has 3 aromatic rings. The standard InChI is InChI=1S/C27H30N4O/c1-19-9-11-20(12-10-19)24-6-2-3-7-25(24)27(32)31-23-15-13-21(14-16-23)29-18-17-22-5-4-8-26(28)30-22/h4-5,8-16,29H,2-3,6-7,17-18H2,1H3,(H2,28,30)(H,31,32). The number of carbonyl (C=O) groups is 1. The first-order valence-electron chi connectivity index (χ1n) is 11.2. The van der Waals surface area contributed by atoms with Crippen molar-refractivity contribution in [2.24, 2.45) is 0 Å². The van der Waals surface area contributed by atoms with Gasteiger partial charge in [-0.15, -0.1) is 0 Å². The van der Waals surface area contributed by atoms with E-state index < -0.39 is 0 Å². The summed E-state index contributed by atoms with van der Waals surface area (Å²) in [5.74, 6) is 0.551. The maximum absolute atomic E-state index is 13.1. The van der Waals surface area contributed by atoms with Crippen molar-refractivity contribution in [3.05, 3.63) is 89.1 Å². The zero-order valence-electron chi connectivity index (χ0n) is 18.5. The van der Waals surface area contributed by atoms with Crippen molar-refractivity contribution in [1.29, 1.82) is 0 Å². The number of rotatable bonds is 7. The number of nitrogens with one attached hydrogen (secondary N) is 2. The third-order valence-electron chi connectivity index (χ3n) is 5.82. The molecule has 1 aliphatic carbocycles. The monoisotopic (exact) mass is 426 g/mol. The van der Waals surface area contributed by atoms with Crippen LogP contribution < -0.4 is 16.4 Å². The lowest BCUT2D eigenvalue weighted by Gasteiger charge is -2.20. The maximum Gasteiger partial charge on any atom is 0.251 e. The highest BCUT2D eigenvalue weighted by atomic mass is 16.1. The van der Waals surface area contributed by atoms with Crippen LogP contribution in [-0.4, -0.2) is 17.4 Å². The van der Waals surface area contributed by atoms with Gasteiger partial charge in [-0.1, -0.05) is 35.9 Å². The molecule has 1 heterocycles. The normalized spacial score (nSPS) is 13.7. The van der Waals surface area contributed by atoms with Gasteiger partial charge in [0, 0.05) is 35.6 Å². The Balaban J connectivity index is 1.37. The fourth-order valence-corrected chi connectivity index (χ4v) is 4.08. The highest BCUT2D eigenvalue weighted by Crippen LogP contribution is 2.33. The van der Waals surface area contributed by atoms with Crippen LogP contribution in [0.1, 0.15) is 42.5 Å². The molecule has 0 spiro atoms. The van der Waals surface area contributed by atoms with Gasteiger partial charge in [0.25, 0.3) is 5.91 Å². The highest BCUT2D eigenvalue weighted by molar-refractivity contribution is 6.09. The first kappa shape index (κ1) is 21.6. The van der Waals surface area contributed by atoms with Gasteiger partial charge in [0.05, 0.1) is 0 Å². The Hall–Kier alpha value is -3.60. The minimum absolute atomic E-state index is 0.00808. The number of hydrogen-bond acceptors (Lipinski definition) is 4. The molecular weight excluding hydrogens is 396 g/mol. The number of nitrogens with zero attached hydrogens (tertiary/aromatic N) is 1. The van der Waals surface area contributed by atoms with E-state index in [0.29, 0.717) is 5.82 Å². The molecular formula is C27H30N4O. The van der Waals surface area contributed by atoms with Crippen LogP contribution in [-0.2, 0) is 11.2 Å². The van der Waals surface area contributed by atoms with E-state index in [2.05, 4.69) is 46.8 Å². The lowest BCUT2D eigenvalue weighted by Crippen LogP contribution is -2.18. The number of benzene rings is 2. The lowest BCUT2D eigenvalue weighted by molar-refractivity contribution is -0.113. The van der Waals surface area contributed by atoms with E-state index >= 15 is 0 Å². The van der Waals surface area contributed by atoms with Crippen molar-refractivity contribution in [1.82, 2.24) is 4.98 Å². The van der Waals surface area contributed by atoms with E-state index in [-0.39, 0.29) is 5.91 Å². The van der Waals surface area contributed by atoms with Crippen molar-refractivity contribution < 1.29 is 4.79 Å². The Kier molecular flexibility index (Phi) is 6.85. The lowest BCUT2D eigenvalue weighted by atomic mass is 9.86. The van der Waals surface area contributed by atoms with Gasteiger partial charge in [0.15, 0.2) is 0 Å². The van der Waals surface area contributed by atoms with Crippen LogP contribution in [0.25, 0.3) is 5.57 Å². The number of nitrogen functional groups attached to an aromatic ring is 1. The fraction of sp³-hybridized carbons (Fsp3) is 0.259. The first-order valence-corrected chi connectivity index (χ1v) is 11.2. The second-order valence-electron chi connectivity index (χ2n) is 8.29. The van der Waals surface area contributed by atoms with E-state index in [1.807, 2.05) is 36.4 Å². The topological polar surface area (TPSA) is 80.0 Å². The molecule has 0 bridgehead atoms. The zero-order valence-corrected chi connectivity index (χ0v) is 18.5. The number of amides is 1. The second-order valence-corrected chi connectivity index (χ2v) is 8.29. The Labute approximate surface area is 189 Å². The summed E-state index contributed by atoms with van der Waals surface area (Å²) in [5.41, 5.74) is 13.0. The quantitative estimate of drug-likeness (QED) is 0.460.